The van der Waals surface area contributed by atoms with Crippen LogP contribution >= 0.6 is 23.1 Å². The van der Waals surface area contributed by atoms with E-state index in [0.717, 1.165) is 47.6 Å². The quantitative estimate of drug-likeness (QED) is 0.376. The monoisotopic (exact) mass is 487 g/mol. The molecule has 1 aromatic carbocycles. The van der Waals surface area contributed by atoms with Gasteiger partial charge < -0.3 is 14.8 Å². The van der Waals surface area contributed by atoms with Crippen LogP contribution in [0.2, 0.25) is 0 Å². The molecule has 2 aromatic heterocycles. The molecule has 0 radical (unpaired) electrons. The number of benzene rings is 1. The second kappa shape index (κ2) is 10.3. The van der Waals surface area contributed by atoms with Crippen molar-refractivity contribution < 1.29 is 19.1 Å². The van der Waals surface area contributed by atoms with Crippen molar-refractivity contribution in [3.05, 3.63) is 40.3 Å². The van der Waals surface area contributed by atoms with E-state index in [2.05, 4.69) is 20.8 Å². The van der Waals surface area contributed by atoms with Crippen LogP contribution in [0.15, 0.2) is 29.4 Å². The number of esters is 1. The maximum atomic E-state index is 13.0. The number of ether oxygens (including phenoxy) is 2. The number of nitrogens with one attached hydrogen (secondary N) is 1. The largest absolute Gasteiger partial charge is 0.497 e. The molecule has 0 fully saturated rings. The molecule has 1 atom stereocenters. The first-order chi connectivity index (χ1) is 16.0. The number of nitrogens with zero attached hydrogens (tertiary/aromatic N) is 4. The fourth-order valence-electron chi connectivity index (χ4n) is 3.64. The highest BCUT2D eigenvalue weighted by atomic mass is 32.2. The highest BCUT2D eigenvalue weighted by Gasteiger charge is 2.28. The van der Waals surface area contributed by atoms with Gasteiger partial charge in [0.2, 0.25) is 11.1 Å². The predicted octanol–water partition coefficient (Wildman–Crippen LogP) is 3.91. The topological polar surface area (TPSA) is 108 Å². The molecule has 1 unspecified atom stereocenters. The van der Waals surface area contributed by atoms with Crippen molar-refractivity contribution in [3.8, 4) is 11.4 Å². The van der Waals surface area contributed by atoms with Crippen molar-refractivity contribution in [1.82, 2.24) is 20.2 Å². The molecule has 1 amide bonds. The SMILES string of the molecule is CCOC(=O)c1c(NC(=O)C(C)Sc2nnnn2-c2ccc(OC)cc2)sc2c1CCCC2. The van der Waals surface area contributed by atoms with Crippen molar-refractivity contribution >= 4 is 40.0 Å². The highest BCUT2D eigenvalue weighted by molar-refractivity contribution is 8.00. The molecule has 0 spiro atoms. The number of rotatable bonds is 8. The molecule has 174 valence electrons. The Hall–Kier alpha value is -2.92. The van der Waals surface area contributed by atoms with Crippen LogP contribution in [0, 0.1) is 0 Å². The molecule has 1 aliphatic carbocycles. The fourth-order valence-corrected chi connectivity index (χ4v) is 5.72. The number of carbonyl (C=O) groups is 2. The number of fused-ring (bicyclic) bond motifs is 1. The van der Waals surface area contributed by atoms with Crippen LogP contribution in [-0.4, -0.2) is 51.1 Å². The second-order valence-corrected chi connectivity index (χ2v) is 9.87. The maximum Gasteiger partial charge on any atom is 0.341 e. The number of hydrogen-bond acceptors (Lipinski definition) is 9. The molecular formula is C22H25N5O4S2. The minimum Gasteiger partial charge on any atom is -0.497 e. The summed E-state index contributed by atoms with van der Waals surface area (Å²) in [6, 6.07) is 7.31. The number of aromatic nitrogens is 4. The van der Waals surface area contributed by atoms with E-state index in [1.807, 2.05) is 24.3 Å². The van der Waals surface area contributed by atoms with Gasteiger partial charge in [-0.1, -0.05) is 11.8 Å². The summed E-state index contributed by atoms with van der Waals surface area (Å²) in [6.45, 7) is 3.85. The predicted molar refractivity (Wildman–Crippen MR) is 127 cm³/mol. The number of aryl methyl sites for hydroxylation is 1. The Morgan fingerprint density at radius 3 is 2.73 bits per heavy atom. The summed E-state index contributed by atoms with van der Waals surface area (Å²) in [5.41, 5.74) is 2.28. The number of thiophene rings is 1. The van der Waals surface area contributed by atoms with Gasteiger partial charge in [-0.15, -0.1) is 16.4 Å². The van der Waals surface area contributed by atoms with E-state index >= 15 is 0 Å². The average Bonchev–Trinajstić information content (AvgIpc) is 3.43. The Kier molecular flexibility index (Phi) is 7.29. The van der Waals surface area contributed by atoms with E-state index in [1.165, 1.54) is 23.1 Å². The van der Waals surface area contributed by atoms with Gasteiger partial charge in [-0.25, -0.2) is 4.79 Å². The summed E-state index contributed by atoms with van der Waals surface area (Å²) in [4.78, 5) is 26.8. The molecule has 3 aromatic rings. The van der Waals surface area contributed by atoms with Gasteiger partial charge in [0.05, 0.1) is 30.2 Å². The van der Waals surface area contributed by atoms with Gasteiger partial charge in [0, 0.05) is 4.88 Å². The lowest BCUT2D eigenvalue weighted by Crippen LogP contribution is -2.24. The molecule has 11 heteroatoms. The summed E-state index contributed by atoms with van der Waals surface area (Å²) in [5.74, 6) is 0.120. The van der Waals surface area contributed by atoms with Crippen molar-refractivity contribution in [3.63, 3.8) is 0 Å². The van der Waals surface area contributed by atoms with Gasteiger partial charge >= 0.3 is 5.97 Å². The number of amides is 1. The molecular weight excluding hydrogens is 462 g/mol. The maximum absolute atomic E-state index is 13.0. The standard InChI is InChI=1S/C22H25N5O4S2/c1-4-31-21(29)18-16-7-5-6-8-17(16)33-20(18)23-19(28)13(2)32-22-24-25-26-27(22)14-9-11-15(30-3)12-10-14/h9-13H,4-8H2,1-3H3,(H,23,28). The van der Waals surface area contributed by atoms with Gasteiger partial charge in [-0.2, -0.15) is 4.68 Å². The fraction of sp³-hybridized carbons (Fsp3) is 0.409. The number of methoxy groups -OCH3 is 1. The molecule has 1 aliphatic rings. The molecule has 33 heavy (non-hydrogen) atoms. The summed E-state index contributed by atoms with van der Waals surface area (Å²) >= 11 is 2.71. The Morgan fingerprint density at radius 1 is 1.24 bits per heavy atom. The molecule has 4 rings (SSSR count). The first-order valence-corrected chi connectivity index (χ1v) is 12.4. The van der Waals surface area contributed by atoms with Gasteiger partial charge in [-0.3, -0.25) is 4.79 Å². The Morgan fingerprint density at radius 2 is 2.00 bits per heavy atom. The van der Waals surface area contributed by atoms with E-state index < -0.39 is 5.25 Å². The smallest absolute Gasteiger partial charge is 0.341 e. The lowest BCUT2D eigenvalue weighted by atomic mass is 9.95. The molecule has 0 saturated heterocycles. The van der Waals surface area contributed by atoms with Gasteiger partial charge in [-0.05, 0) is 79.8 Å². The number of anilines is 1. The van der Waals surface area contributed by atoms with Crippen LogP contribution < -0.4 is 10.1 Å². The first-order valence-electron chi connectivity index (χ1n) is 10.7. The summed E-state index contributed by atoms with van der Waals surface area (Å²) in [5, 5.41) is 15.4. The molecule has 0 bridgehead atoms. The third-order valence-corrected chi connectivity index (χ3v) is 7.54. The number of hydrogen-bond donors (Lipinski definition) is 1. The van der Waals surface area contributed by atoms with E-state index in [4.69, 9.17) is 9.47 Å². The van der Waals surface area contributed by atoms with E-state index in [-0.39, 0.29) is 18.5 Å². The number of tetrazole rings is 1. The van der Waals surface area contributed by atoms with Crippen LogP contribution in [0.5, 0.6) is 5.75 Å². The normalized spacial score (nSPS) is 13.8. The summed E-state index contributed by atoms with van der Waals surface area (Å²) in [6.07, 6.45) is 3.87. The van der Waals surface area contributed by atoms with E-state index in [1.54, 1.807) is 25.6 Å². The van der Waals surface area contributed by atoms with Crippen LogP contribution in [-0.2, 0) is 22.4 Å². The third kappa shape index (κ3) is 5.03. The molecule has 1 N–H and O–H groups in total. The van der Waals surface area contributed by atoms with Crippen LogP contribution in [0.1, 0.15) is 47.5 Å². The minimum absolute atomic E-state index is 0.228. The first kappa shape index (κ1) is 23.2. The third-order valence-electron chi connectivity index (χ3n) is 5.30. The van der Waals surface area contributed by atoms with Gasteiger partial charge in [0.1, 0.15) is 10.8 Å². The Bertz CT molecular complexity index is 1140. The van der Waals surface area contributed by atoms with Crippen LogP contribution in [0.3, 0.4) is 0 Å². The second-order valence-electron chi connectivity index (χ2n) is 7.46. The van der Waals surface area contributed by atoms with Crippen molar-refractivity contribution in [2.24, 2.45) is 0 Å². The number of thioether (sulfide) groups is 1. The van der Waals surface area contributed by atoms with Gasteiger partial charge in [0.15, 0.2) is 0 Å². The zero-order valence-electron chi connectivity index (χ0n) is 18.7. The summed E-state index contributed by atoms with van der Waals surface area (Å²) in [7, 11) is 1.60. The van der Waals surface area contributed by atoms with Crippen molar-refractivity contribution in [2.45, 2.75) is 49.9 Å². The van der Waals surface area contributed by atoms with Crippen molar-refractivity contribution in [2.75, 3.05) is 19.0 Å². The molecule has 2 heterocycles. The van der Waals surface area contributed by atoms with Crippen molar-refractivity contribution in [1.29, 1.82) is 0 Å². The zero-order valence-corrected chi connectivity index (χ0v) is 20.3. The molecule has 9 nitrogen and oxygen atoms in total. The van der Waals surface area contributed by atoms with Crippen LogP contribution in [0.4, 0.5) is 5.00 Å². The highest BCUT2D eigenvalue weighted by Crippen LogP contribution is 2.39. The molecule has 0 saturated carbocycles. The minimum atomic E-state index is -0.498. The lowest BCUT2D eigenvalue weighted by Gasteiger charge is -2.13. The lowest BCUT2D eigenvalue weighted by molar-refractivity contribution is -0.115. The zero-order chi connectivity index (χ0) is 23.4. The van der Waals surface area contributed by atoms with Crippen LogP contribution in [0.25, 0.3) is 5.69 Å². The Balaban J connectivity index is 1.51. The molecule has 0 aliphatic heterocycles. The van der Waals surface area contributed by atoms with Gasteiger partial charge in [0.25, 0.3) is 0 Å². The average molecular weight is 488 g/mol. The van der Waals surface area contributed by atoms with E-state index in [9.17, 15) is 9.59 Å². The Labute approximate surface area is 199 Å². The summed E-state index contributed by atoms with van der Waals surface area (Å²) < 4.78 is 12.0. The number of carbonyl (C=O) groups excluding carboxylic acids is 2. The van der Waals surface area contributed by atoms with E-state index in [0.29, 0.717) is 15.7 Å².